The van der Waals surface area contributed by atoms with E-state index in [0.717, 1.165) is 25.0 Å². The third kappa shape index (κ3) is 7.88. The first kappa shape index (κ1) is 18.3. The fourth-order valence-electron chi connectivity index (χ4n) is 2.04. The van der Waals surface area contributed by atoms with Gasteiger partial charge in [-0.05, 0) is 50.8 Å². The molecule has 5 nitrogen and oxygen atoms in total. The Morgan fingerprint density at radius 1 is 1.27 bits per heavy atom. The molecule has 2 amide bonds. The summed E-state index contributed by atoms with van der Waals surface area (Å²) < 4.78 is 10.4. The van der Waals surface area contributed by atoms with Crippen LogP contribution >= 0.6 is 0 Å². The Balaban J connectivity index is 2.16. The molecule has 5 heteroatoms. The summed E-state index contributed by atoms with van der Waals surface area (Å²) in [6.07, 6.45) is 2.66. The number of methoxy groups -OCH3 is 1. The zero-order chi connectivity index (χ0) is 16.2. The number of rotatable bonds is 10. The molecule has 0 aromatic heterocycles. The molecule has 1 aromatic carbocycles. The van der Waals surface area contributed by atoms with Crippen LogP contribution in [0.2, 0.25) is 0 Å². The van der Waals surface area contributed by atoms with Crippen LogP contribution in [-0.2, 0) is 11.2 Å². The quantitative estimate of drug-likeness (QED) is 0.653. The van der Waals surface area contributed by atoms with Gasteiger partial charge in [-0.1, -0.05) is 12.1 Å². The van der Waals surface area contributed by atoms with Crippen LogP contribution in [0.25, 0.3) is 0 Å². The molecule has 0 spiro atoms. The smallest absolute Gasteiger partial charge is 0.314 e. The van der Waals surface area contributed by atoms with Gasteiger partial charge in [-0.2, -0.15) is 0 Å². The average molecular weight is 308 g/mol. The van der Waals surface area contributed by atoms with Crippen LogP contribution < -0.4 is 15.4 Å². The molecule has 1 aromatic rings. The molecule has 0 heterocycles. The summed E-state index contributed by atoms with van der Waals surface area (Å²) >= 11 is 0. The van der Waals surface area contributed by atoms with E-state index in [2.05, 4.69) is 22.8 Å². The Kier molecular flexibility index (Phi) is 9.07. The molecule has 0 radical (unpaired) electrons. The van der Waals surface area contributed by atoms with Crippen molar-refractivity contribution in [3.63, 3.8) is 0 Å². The summed E-state index contributed by atoms with van der Waals surface area (Å²) in [5.74, 6) is 0.862. The monoisotopic (exact) mass is 308 g/mol. The average Bonchev–Trinajstić information content (AvgIpc) is 2.53. The first-order chi connectivity index (χ1) is 10.7. The lowest BCUT2D eigenvalue weighted by Gasteiger charge is -2.14. The SMILES string of the molecule is CCOCCCNC(=O)N[C@@H](C)CCc1ccc(OC)cc1. The maximum atomic E-state index is 11.7. The van der Waals surface area contributed by atoms with Crippen LogP contribution in [0.1, 0.15) is 32.3 Å². The Morgan fingerprint density at radius 3 is 2.64 bits per heavy atom. The van der Waals surface area contributed by atoms with Gasteiger partial charge in [-0.3, -0.25) is 0 Å². The molecule has 2 N–H and O–H groups in total. The van der Waals surface area contributed by atoms with Gasteiger partial charge in [0.25, 0.3) is 0 Å². The molecule has 0 saturated heterocycles. The highest BCUT2D eigenvalue weighted by atomic mass is 16.5. The Labute approximate surface area is 133 Å². The minimum absolute atomic E-state index is 0.112. The molecule has 0 aliphatic rings. The van der Waals surface area contributed by atoms with Crippen molar-refractivity contribution >= 4 is 6.03 Å². The van der Waals surface area contributed by atoms with E-state index in [1.807, 2.05) is 26.0 Å². The minimum Gasteiger partial charge on any atom is -0.497 e. The number of benzene rings is 1. The van der Waals surface area contributed by atoms with E-state index in [-0.39, 0.29) is 12.1 Å². The standard InChI is InChI=1S/C17H28N2O3/c1-4-22-13-5-12-18-17(20)19-14(2)6-7-15-8-10-16(21-3)11-9-15/h8-11,14H,4-7,12-13H2,1-3H3,(H2,18,19,20)/t14-/m0/s1. The lowest BCUT2D eigenvalue weighted by molar-refractivity contribution is 0.145. The van der Waals surface area contributed by atoms with Gasteiger partial charge in [-0.15, -0.1) is 0 Å². The fraction of sp³-hybridized carbons (Fsp3) is 0.588. The van der Waals surface area contributed by atoms with E-state index in [0.29, 0.717) is 19.8 Å². The van der Waals surface area contributed by atoms with E-state index in [9.17, 15) is 4.79 Å². The summed E-state index contributed by atoms with van der Waals surface area (Å²) in [5.41, 5.74) is 1.24. The second kappa shape index (κ2) is 10.9. The van der Waals surface area contributed by atoms with Gasteiger partial charge in [0.05, 0.1) is 7.11 Å². The second-order valence-electron chi connectivity index (χ2n) is 5.24. The zero-order valence-electron chi connectivity index (χ0n) is 13.9. The zero-order valence-corrected chi connectivity index (χ0v) is 13.9. The van der Waals surface area contributed by atoms with Crippen molar-refractivity contribution in [3.8, 4) is 5.75 Å². The first-order valence-electron chi connectivity index (χ1n) is 7.90. The van der Waals surface area contributed by atoms with Crippen LogP contribution in [0.15, 0.2) is 24.3 Å². The Hall–Kier alpha value is -1.75. The highest BCUT2D eigenvalue weighted by Gasteiger charge is 2.07. The van der Waals surface area contributed by atoms with Gasteiger partial charge < -0.3 is 20.1 Å². The van der Waals surface area contributed by atoms with Gasteiger partial charge in [0, 0.05) is 25.8 Å². The molecule has 0 saturated carbocycles. The number of ether oxygens (including phenoxy) is 2. The van der Waals surface area contributed by atoms with Crippen molar-refractivity contribution in [2.75, 3.05) is 26.9 Å². The van der Waals surface area contributed by atoms with E-state index < -0.39 is 0 Å². The number of nitrogens with one attached hydrogen (secondary N) is 2. The number of amides is 2. The fourth-order valence-corrected chi connectivity index (χ4v) is 2.04. The Bertz CT molecular complexity index is 420. The lowest BCUT2D eigenvalue weighted by Crippen LogP contribution is -2.41. The lowest BCUT2D eigenvalue weighted by atomic mass is 10.1. The third-order valence-electron chi connectivity index (χ3n) is 3.36. The van der Waals surface area contributed by atoms with Crippen molar-refractivity contribution in [3.05, 3.63) is 29.8 Å². The normalized spacial score (nSPS) is 11.8. The van der Waals surface area contributed by atoms with Crippen LogP contribution in [0.3, 0.4) is 0 Å². The van der Waals surface area contributed by atoms with E-state index in [1.165, 1.54) is 5.56 Å². The molecule has 0 unspecified atom stereocenters. The first-order valence-corrected chi connectivity index (χ1v) is 7.90. The number of urea groups is 1. The molecule has 1 rings (SSSR count). The second-order valence-corrected chi connectivity index (χ2v) is 5.24. The summed E-state index contributed by atoms with van der Waals surface area (Å²) in [7, 11) is 1.66. The number of aryl methyl sites for hydroxylation is 1. The van der Waals surface area contributed by atoms with Gasteiger partial charge in [0.1, 0.15) is 5.75 Å². The molecular weight excluding hydrogens is 280 g/mol. The third-order valence-corrected chi connectivity index (χ3v) is 3.36. The predicted molar refractivity (Wildman–Crippen MR) is 88.4 cm³/mol. The molecule has 0 aliphatic heterocycles. The largest absolute Gasteiger partial charge is 0.497 e. The van der Waals surface area contributed by atoms with Crippen molar-refractivity contribution < 1.29 is 14.3 Å². The molecule has 0 fully saturated rings. The number of hydrogen-bond donors (Lipinski definition) is 2. The van der Waals surface area contributed by atoms with Crippen LogP contribution in [0, 0.1) is 0 Å². The van der Waals surface area contributed by atoms with Crippen LogP contribution in [-0.4, -0.2) is 38.9 Å². The maximum absolute atomic E-state index is 11.7. The van der Waals surface area contributed by atoms with Gasteiger partial charge in [0.15, 0.2) is 0 Å². The van der Waals surface area contributed by atoms with Gasteiger partial charge in [-0.25, -0.2) is 4.79 Å². The predicted octanol–water partition coefficient (Wildman–Crippen LogP) is 2.74. The van der Waals surface area contributed by atoms with Crippen molar-refractivity contribution in [2.24, 2.45) is 0 Å². The van der Waals surface area contributed by atoms with Gasteiger partial charge >= 0.3 is 6.03 Å². The van der Waals surface area contributed by atoms with Crippen molar-refractivity contribution in [1.29, 1.82) is 0 Å². The molecule has 1 atom stereocenters. The Morgan fingerprint density at radius 2 is 2.00 bits per heavy atom. The van der Waals surface area contributed by atoms with Gasteiger partial charge in [0.2, 0.25) is 0 Å². The summed E-state index contributed by atoms with van der Waals surface area (Å²) in [6.45, 7) is 6.02. The summed E-state index contributed by atoms with van der Waals surface area (Å²) in [5, 5.41) is 5.79. The van der Waals surface area contributed by atoms with E-state index in [4.69, 9.17) is 9.47 Å². The molecule has 124 valence electrons. The van der Waals surface area contributed by atoms with E-state index in [1.54, 1.807) is 7.11 Å². The molecule has 22 heavy (non-hydrogen) atoms. The summed E-state index contributed by atoms with van der Waals surface area (Å²) in [6, 6.07) is 8.04. The van der Waals surface area contributed by atoms with Crippen molar-refractivity contribution in [2.45, 2.75) is 39.2 Å². The molecule has 0 bridgehead atoms. The van der Waals surface area contributed by atoms with Crippen LogP contribution in [0.4, 0.5) is 4.79 Å². The minimum atomic E-state index is -0.112. The maximum Gasteiger partial charge on any atom is 0.314 e. The molecule has 0 aliphatic carbocycles. The highest BCUT2D eigenvalue weighted by molar-refractivity contribution is 5.74. The van der Waals surface area contributed by atoms with Crippen molar-refractivity contribution in [1.82, 2.24) is 10.6 Å². The highest BCUT2D eigenvalue weighted by Crippen LogP contribution is 2.13. The topological polar surface area (TPSA) is 59.6 Å². The van der Waals surface area contributed by atoms with Crippen LogP contribution in [0.5, 0.6) is 5.75 Å². The number of carbonyl (C=O) groups is 1. The number of carbonyl (C=O) groups excluding carboxylic acids is 1. The molecular formula is C17H28N2O3. The number of hydrogen-bond acceptors (Lipinski definition) is 3. The summed E-state index contributed by atoms with van der Waals surface area (Å²) in [4.78, 5) is 11.7. The van der Waals surface area contributed by atoms with E-state index >= 15 is 0 Å².